The van der Waals surface area contributed by atoms with E-state index in [1.54, 1.807) is 0 Å². The van der Waals surface area contributed by atoms with E-state index in [1.807, 2.05) is 0 Å². The highest BCUT2D eigenvalue weighted by Gasteiger charge is 2.28. The summed E-state index contributed by atoms with van der Waals surface area (Å²) in [4.78, 5) is 0. The van der Waals surface area contributed by atoms with E-state index in [0.717, 1.165) is 0 Å². The van der Waals surface area contributed by atoms with Gasteiger partial charge in [-0.3, -0.25) is 0 Å². The van der Waals surface area contributed by atoms with Crippen LogP contribution in [-0.2, 0) is 7.05 Å². The molecule has 3 aromatic carbocycles. The van der Waals surface area contributed by atoms with Crippen LogP contribution in [0, 0.1) is 20.8 Å². The third-order valence-corrected chi connectivity index (χ3v) is 5.22. The summed E-state index contributed by atoms with van der Waals surface area (Å²) in [5.74, 6) is 1.20. The van der Waals surface area contributed by atoms with Crippen molar-refractivity contribution in [2.75, 3.05) is 0 Å². The molecule has 0 aliphatic carbocycles. The minimum absolute atomic E-state index is 1.20. The van der Waals surface area contributed by atoms with Crippen LogP contribution in [0.15, 0.2) is 79.0 Å². The van der Waals surface area contributed by atoms with Crippen molar-refractivity contribution in [3.05, 3.63) is 95.7 Å². The molecule has 0 N–H and O–H groups in total. The minimum atomic E-state index is 1.20. The molecule has 0 aliphatic heterocycles. The van der Waals surface area contributed by atoms with Gasteiger partial charge in [0.15, 0.2) is 5.69 Å². The number of hydrogen-bond donors (Lipinski definition) is 0. The number of hydrogen-bond acceptors (Lipinski definition) is 0. The highest BCUT2D eigenvalue weighted by molar-refractivity contribution is 5.70. The van der Waals surface area contributed by atoms with Crippen molar-refractivity contribution in [2.45, 2.75) is 20.8 Å². The largest absolute Gasteiger partial charge is 0.294 e. The van der Waals surface area contributed by atoms with Gasteiger partial charge in [0.2, 0.25) is 0 Å². The smallest absolute Gasteiger partial charge is 0.232 e. The van der Waals surface area contributed by atoms with E-state index in [0.29, 0.717) is 0 Å². The van der Waals surface area contributed by atoms with Gasteiger partial charge in [-0.2, -0.15) is 4.57 Å². The Morgan fingerprint density at radius 2 is 1.26 bits per heavy atom. The van der Waals surface area contributed by atoms with Gasteiger partial charge >= 0.3 is 0 Å². The number of aromatic nitrogens is 2. The van der Waals surface area contributed by atoms with E-state index in [-0.39, 0.29) is 0 Å². The second-order valence-corrected chi connectivity index (χ2v) is 7.21. The molecule has 0 fully saturated rings. The van der Waals surface area contributed by atoms with Gasteiger partial charge in [0.05, 0.1) is 12.6 Å². The fourth-order valence-electron chi connectivity index (χ4n) is 3.91. The molecule has 4 aromatic rings. The van der Waals surface area contributed by atoms with E-state index >= 15 is 0 Å². The van der Waals surface area contributed by atoms with Gasteiger partial charge in [-0.1, -0.05) is 66.7 Å². The Hall–Kier alpha value is -3.13. The molecule has 0 bridgehead atoms. The molecule has 2 nitrogen and oxygen atoms in total. The highest BCUT2D eigenvalue weighted by atomic mass is 15.2. The number of imidazole rings is 1. The third kappa shape index (κ3) is 2.97. The van der Waals surface area contributed by atoms with Crippen LogP contribution in [0.4, 0.5) is 0 Å². The second kappa shape index (κ2) is 6.88. The Kier molecular flexibility index (Phi) is 4.41. The Morgan fingerprint density at radius 3 is 1.93 bits per heavy atom. The van der Waals surface area contributed by atoms with Gasteiger partial charge in [0.25, 0.3) is 5.82 Å². The topological polar surface area (TPSA) is 8.81 Å². The van der Waals surface area contributed by atoms with Gasteiger partial charge < -0.3 is 0 Å². The van der Waals surface area contributed by atoms with E-state index in [4.69, 9.17) is 0 Å². The Bertz CT molecular complexity index is 1080. The average molecular weight is 353 g/mol. The van der Waals surface area contributed by atoms with E-state index in [9.17, 15) is 0 Å². The van der Waals surface area contributed by atoms with Crippen LogP contribution >= 0.6 is 0 Å². The molecular formula is C25H25N2+. The lowest BCUT2D eigenvalue weighted by molar-refractivity contribution is -0.659. The summed E-state index contributed by atoms with van der Waals surface area (Å²) in [5, 5.41) is 0. The van der Waals surface area contributed by atoms with Gasteiger partial charge in [-0.05, 0) is 43.5 Å². The van der Waals surface area contributed by atoms with Crippen molar-refractivity contribution in [3.63, 3.8) is 0 Å². The van der Waals surface area contributed by atoms with Crippen LogP contribution in [0.3, 0.4) is 0 Å². The molecule has 134 valence electrons. The summed E-state index contributed by atoms with van der Waals surface area (Å²) in [6.45, 7) is 6.57. The van der Waals surface area contributed by atoms with Crippen LogP contribution < -0.4 is 4.57 Å². The maximum atomic E-state index is 2.42. The van der Waals surface area contributed by atoms with Gasteiger partial charge in [0.1, 0.15) is 11.9 Å². The Morgan fingerprint density at radius 1 is 0.667 bits per heavy atom. The zero-order valence-corrected chi connectivity index (χ0v) is 16.4. The molecule has 0 aliphatic rings. The molecule has 0 saturated carbocycles. The monoisotopic (exact) mass is 353 g/mol. The van der Waals surface area contributed by atoms with Crippen LogP contribution in [0.1, 0.15) is 16.7 Å². The van der Waals surface area contributed by atoms with E-state index < -0.39 is 0 Å². The fraction of sp³-hybridized carbons (Fsp3) is 0.160. The molecule has 0 unspecified atom stereocenters. The lowest BCUT2D eigenvalue weighted by atomic mass is 10.0. The first-order valence-electron chi connectivity index (χ1n) is 9.37. The molecule has 2 heteroatoms. The SMILES string of the molecule is Cc1ccccc1-c1n(-c2c(C)cccc2C)c(-c2ccccc2)c[n+]1C. The van der Waals surface area contributed by atoms with Crippen LogP contribution in [0.5, 0.6) is 0 Å². The van der Waals surface area contributed by atoms with Crippen molar-refractivity contribution >= 4 is 0 Å². The summed E-state index contributed by atoms with van der Waals surface area (Å²) in [6.07, 6.45) is 2.24. The van der Waals surface area contributed by atoms with Gasteiger partial charge in [-0.25, -0.2) is 4.57 Å². The summed E-state index contributed by atoms with van der Waals surface area (Å²) < 4.78 is 4.67. The van der Waals surface area contributed by atoms with Crippen molar-refractivity contribution < 1.29 is 4.57 Å². The molecule has 0 spiro atoms. The molecule has 0 atom stereocenters. The Labute approximate surface area is 161 Å². The summed E-state index contributed by atoms with van der Waals surface area (Å²) in [5.41, 5.74) is 8.76. The predicted octanol–water partition coefficient (Wildman–Crippen LogP) is 5.56. The maximum Gasteiger partial charge on any atom is 0.294 e. The number of aryl methyl sites for hydroxylation is 4. The van der Waals surface area contributed by atoms with E-state index in [2.05, 4.69) is 116 Å². The van der Waals surface area contributed by atoms with E-state index in [1.165, 1.54) is 45.0 Å². The van der Waals surface area contributed by atoms with Gasteiger partial charge in [-0.15, -0.1) is 0 Å². The summed E-state index contributed by atoms with van der Waals surface area (Å²) >= 11 is 0. The summed E-state index contributed by atoms with van der Waals surface area (Å²) in [6, 6.07) is 25.8. The lowest BCUT2D eigenvalue weighted by Crippen LogP contribution is -2.29. The molecule has 0 amide bonds. The summed E-state index contributed by atoms with van der Waals surface area (Å²) in [7, 11) is 2.14. The van der Waals surface area contributed by atoms with Crippen LogP contribution in [-0.4, -0.2) is 4.57 Å². The lowest BCUT2D eigenvalue weighted by Gasteiger charge is -2.12. The first kappa shape index (κ1) is 17.3. The van der Waals surface area contributed by atoms with Gasteiger partial charge in [0, 0.05) is 5.56 Å². The number of benzene rings is 3. The van der Waals surface area contributed by atoms with Crippen molar-refractivity contribution in [2.24, 2.45) is 7.05 Å². The number of rotatable bonds is 3. The zero-order valence-electron chi connectivity index (χ0n) is 16.4. The number of para-hydroxylation sites is 1. The zero-order chi connectivity index (χ0) is 19.0. The molecule has 4 rings (SSSR count). The molecule has 27 heavy (non-hydrogen) atoms. The normalized spacial score (nSPS) is 11.0. The maximum absolute atomic E-state index is 2.42. The van der Waals surface area contributed by atoms with Crippen molar-refractivity contribution in [1.82, 2.24) is 4.57 Å². The van der Waals surface area contributed by atoms with Crippen LogP contribution in [0.2, 0.25) is 0 Å². The standard InChI is InChI=1S/C25H25N2/c1-18-11-8-9-16-22(18)25-26(4)17-23(21-14-6-5-7-15-21)27(25)24-19(2)12-10-13-20(24)3/h5-17H,1-4H3/q+1. The predicted molar refractivity (Wildman–Crippen MR) is 112 cm³/mol. The molecule has 1 heterocycles. The quantitative estimate of drug-likeness (QED) is 0.426. The third-order valence-electron chi connectivity index (χ3n) is 5.22. The Balaban J connectivity index is 2.13. The first-order chi connectivity index (χ1) is 13.1. The van der Waals surface area contributed by atoms with Crippen molar-refractivity contribution in [3.8, 4) is 28.3 Å². The molecule has 0 saturated heterocycles. The first-order valence-corrected chi connectivity index (χ1v) is 9.37. The molecule has 0 radical (unpaired) electrons. The second-order valence-electron chi connectivity index (χ2n) is 7.21. The van der Waals surface area contributed by atoms with Crippen LogP contribution in [0.25, 0.3) is 28.3 Å². The molecular weight excluding hydrogens is 328 g/mol. The fourth-order valence-corrected chi connectivity index (χ4v) is 3.91. The van der Waals surface area contributed by atoms with Crippen molar-refractivity contribution in [1.29, 1.82) is 0 Å². The average Bonchev–Trinajstić information content (AvgIpc) is 3.00. The highest BCUT2D eigenvalue weighted by Crippen LogP contribution is 2.33. The minimum Gasteiger partial charge on any atom is -0.232 e. The number of nitrogens with zero attached hydrogens (tertiary/aromatic N) is 2. The molecule has 1 aromatic heterocycles.